The Balaban J connectivity index is 2.23. The summed E-state index contributed by atoms with van der Waals surface area (Å²) in [6.07, 6.45) is 1.01. The fourth-order valence-electron chi connectivity index (χ4n) is 1.84. The molecule has 2 rings (SSSR count). The van der Waals surface area contributed by atoms with Gasteiger partial charge in [-0.25, -0.2) is 4.39 Å². The molecule has 0 aliphatic carbocycles. The van der Waals surface area contributed by atoms with Gasteiger partial charge in [-0.15, -0.1) is 0 Å². The maximum atomic E-state index is 13.9. The summed E-state index contributed by atoms with van der Waals surface area (Å²) in [6, 6.07) is 12.4. The molecule has 0 bridgehead atoms. The van der Waals surface area contributed by atoms with E-state index in [4.69, 9.17) is 4.74 Å². The molecule has 0 radical (unpaired) electrons. The lowest BCUT2D eigenvalue weighted by atomic mass is 10.2. The molecule has 106 valence electrons. The number of halogens is 2. The minimum atomic E-state index is -0.252. The fourth-order valence-corrected chi connectivity index (χ4v) is 2.21. The Bertz CT molecular complexity index is 574. The number of ether oxygens (including phenoxy) is 1. The molecule has 0 atom stereocenters. The fraction of sp³-hybridized carbons (Fsp3) is 0.250. The number of rotatable bonds is 6. The molecular weight excluding hydrogens is 321 g/mol. The molecule has 0 fully saturated rings. The monoisotopic (exact) mass is 337 g/mol. The van der Waals surface area contributed by atoms with Gasteiger partial charge in [0.15, 0.2) is 0 Å². The Hall–Kier alpha value is -1.39. The van der Waals surface area contributed by atoms with E-state index in [1.165, 1.54) is 6.07 Å². The Morgan fingerprint density at radius 3 is 2.60 bits per heavy atom. The van der Waals surface area contributed by atoms with Gasteiger partial charge in [0.1, 0.15) is 17.3 Å². The first-order valence-corrected chi connectivity index (χ1v) is 7.42. The molecule has 0 amide bonds. The molecule has 0 heterocycles. The third-order valence-corrected chi connectivity index (χ3v) is 3.52. The largest absolute Gasteiger partial charge is 0.456 e. The topological polar surface area (TPSA) is 21.3 Å². The zero-order valence-electron chi connectivity index (χ0n) is 11.3. The van der Waals surface area contributed by atoms with Gasteiger partial charge in [0.05, 0.1) is 4.47 Å². The van der Waals surface area contributed by atoms with Crippen molar-refractivity contribution in [3.05, 3.63) is 58.3 Å². The van der Waals surface area contributed by atoms with Gasteiger partial charge in [-0.3, -0.25) is 0 Å². The lowest BCUT2D eigenvalue weighted by Gasteiger charge is -2.13. The number of hydrogen-bond acceptors (Lipinski definition) is 2. The Morgan fingerprint density at radius 1 is 1.10 bits per heavy atom. The smallest absolute Gasteiger partial charge is 0.141 e. The van der Waals surface area contributed by atoms with E-state index in [1.807, 2.05) is 24.3 Å². The normalized spacial score (nSPS) is 10.6. The first kappa shape index (κ1) is 15.0. The Kier molecular flexibility index (Phi) is 5.56. The van der Waals surface area contributed by atoms with Gasteiger partial charge in [0.25, 0.3) is 0 Å². The van der Waals surface area contributed by atoms with Crippen LogP contribution in [0.2, 0.25) is 0 Å². The molecule has 2 aromatic carbocycles. The lowest BCUT2D eigenvalue weighted by Crippen LogP contribution is -2.15. The van der Waals surface area contributed by atoms with Crippen LogP contribution in [0.1, 0.15) is 18.9 Å². The Labute approximate surface area is 127 Å². The van der Waals surface area contributed by atoms with Crippen LogP contribution in [0.3, 0.4) is 0 Å². The van der Waals surface area contributed by atoms with Crippen LogP contribution in [0.25, 0.3) is 0 Å². The average molecular weight is 338 g/mol. The highest BCUT2D eigenvalue weighted by atomic mass is 79.9. The van der Waals surface area contributed by atoms with Crippen LogP contribution < -0.4 is 10.1 Å². The first-order valence-electron chi connectivity index (χ1n) is 6.63. The minimum Gasteiger partial charge on any atom is -0.456 e. The van der Waals surface area contributed by atoms with Gasteiger partial charge < -0.3 is 10.1 Å². The van der Waals surface area contributed by atoms with Crippen LogP contribution in [0.15, 0.2) is 46.9 Å². The number of benzene rings is 2. The second-order valence-corrected chi connectivity index (χ2v) is 5.28. The van der Waals surface area contributed by atoms with Crippen LogP contribution >= 0.6 is 15.9 Å². The molecule has 0 saturated carbocycles. The van der Waals surface area contributed by atoms with Crippen molar-refractivity contribution in [3.63, 3.8) is 0 Å². The summed E-state index contributed by atoms with van der Waals surface area (Å²) in [7, 11) is 0. The maximum Gasteiger partial charge on any atom is 0.141 e. The van der Waals surface area contributed by atoms with E-state index in [-0.39, 0.29) is 5.82 Å². The lowest BCUT2D eigenvalue weighted by molar-refractivity contribution is 0.459. The second-order valence-electron chi connectivity index (χ2n) is 4.43. The maximum absolute atomic E-state index is 13.9. The summed E-state index contributed by atoms with van der Waals surface area (Å²) in [5.74, 6) is 0.966. The van der Waals surface area contributed by atoms with Gasteiger partial charge in [0.2, 0.25) is 0 Å². The molecule has 0 saturated heterocycles. The molecular formula is C16H17BrFNO. The van der Waals surface area contributed by atoms with Crippen LogP contribution in [0.5, 0.6) is 11.5 Å². The predicted octanol–water partition coefficient (Wildman–Crippen LogP) is 4.88. The summed E-state index contributed by atoms with van der Waals surface area (Å²) in [4.78, 5) is 0. The highest BCUT2D eigenvalue weighted by molar-refractivity contribution is 9.10. The molecule has 0 aliphatic rings. The van der Waals surface area contributed by atoms with Gasteiger partial charge in [-0.2, -0.15) is 0 Å². The number of para-hydroxylation sites is 1. The molecule has 1 N–H and O–H groups in total. The van der Waals surface area contributed by atoms with Crippen LogP contribution in [0.4, 0.5) is 4.39 Å². The summed E-state index contributed by atoms with van der Waals surface area (Å²) in [6.45, 7) is 3.38. The molecule has 0 aliphatic heterocycles. The van der Waals surface area contributed by atoms with Crippen molar-refractivity contribution in [3.8, 4) is 11.5 Å². The van der Waals surface area contributed by atoms with Crippen LogP contribution in [0, 0.1) is 5.82 Å². The van der Waals surface area contributed by atoms with Crippen molar-refractivity contribution >= 4 is 15.9 Å². The molecule has 0 unspecified atom stereocenters. The van der Waals surface area contributed by atoms with Gasteiger partial charge in [0, 0.05) is 12.1 Å². The number of nitrogens with one attached hydrogen (secondary N) is 1. The first-order chi connectivity index (χ1) is 9.72. The van der Waals surface area contributed by atoms with E-state index in [0.29, 0.717) is 23.6 Å². The highest BCUT2D eigenvalue weighted by Crippen LogP contribution is 2.32. The van der Waals surface area contributed by atoms with Gasteiger partial charge >= 0.3 is 0 Å². The van der Waals surface area contributed by atoms with E-state index in [1.54, 1.807) is 12.1 Å². The SMILES string of the molecule is CCCNCc1c(F)cccc1Oc1ccccc1Br. The summed E-state index contributed by atoms with van der Waals surface area (Å²) in [5.41, 5.74) is 0.553. The van der Waals surface area contributed by atoms with Gasteiger partial charge in [-0.05, 0) is 53.2 Å². The van der Waals surface area contributed by atoms with E-state index < -0.39 is 0 Å². The van der Waals surface area contributed by atoms with Crippen LogP contribution in [-0.2, 0) is 6.54 Å². The van der Waals surface area contributed by atoms with Crippen molar-refractivity contribution < 1.29 is 9.13 Å². The van der Waals surface area contributed by atoms with Crippen molar-refractivity contribution in [2.24, 2.45) is 0 Å². The van der Waals surface area contributed by atoms with E-state index in [2.05, 4.69) is 28.2 Å². The quantitative estimate of drug-likeness (QED) is 0.758. The second kappa shape index (κ2) is 7.41. The zero-order valence-corrected chi connectivity index (χ0v) is 12.9. The van der Waals surface area contributed by atoms with E-state index in [9.17, 15) is 4.39 Å². The predicted molar refractivity (Wildman–Crippen MR) is 82.6 cm³/mol. The van der Waals surface area contributed by atoms with E-state index in [0.717, 1.165) is 17.4 Å². The summed E-state index contributed by atoms with van der Waals surface area (Å²) >= 11 is 3.43. The van der Waals surface area contributed by atoms with Crippen molar-refractivity contribution in [2.45, 2.75) is 19.9 Å². The standard InChI is InChI=1S/C16H17BrFNO/c1-2-10-19-11-12-14(18)7-5-9-15(12)20-16-8-4-3-6-13(16)17/h3-9,19H,2,10-11H2,1H3. The van der Waals surface area contributed by atoms with Crippen molar-refractivity contribution in [1.82, 2.24) is 5.32 Å². The summed E-state index contributed by atoms with van der Waals surface area (Å²) < 4.78 is 20.6. The van der Waals surface area contributed by atoms with E-state index >= 15 is 0 Å². The van der Waals surface area contributed by atoms with Crippen molar-refractivity contribution in [2.75, 3.05) is 6.54 Å². The highest BCUT2D eigenvalue weighted by Gasteiger charge is 2.11. The average Bonchev–Trinajstić information content (AvgIpc) is 2.44. The van der Waals surface area contributed by atoms with Gasteiger partial charge in [-0.1, -0.05) is 25.1 Å². The summed E-state index contributed by atoms with van der Waals surface area (Å²) in [5, 5.41) is 3.20. The van der Waals surface area contributed by atoms with Crippen LogP contribution in [-0.4, -0.2) is 6.54 Å². The molecule has 2 aromatic rings. The minimum absolute atomic E-state index is 0.252. The molecule has 4 heteroatoms. The van der Waals surface area contributed by atoms with Crippen molar-refractivity contribution in [1.29, 1.82) is 0 Å². The third kappa shape index (κ3) is 3.81. The third-order valence-electron chi connectivity index (χ3n) is 2.86. The zero-order chi connectivity index (χ0) is 14.4. The molecule has 20 heavy (non-hydrogen) atoms. The number of hydrogen-bond donors (Lipinski definition) is 1. The molecule has 0 aromatic heterocycles. The molecule has 0 spiro atoms. The molecule has 2 nitrogen and oxygen atoms in total. The Morgan fingerprint density at radius 2 is 1.85 bits per heavy atom.